The second-order valence-electron chi connectivity index (χ2n) is 14.4. The van der Waals surface area contributed by atoms with Gasteiger partial charge < -0.3 is 4.90 Å². The Morgan fingerprint density at radius 2 is 1.11 bits per heavy atom. The number of anilines is 2. The molecule has 0 fully saturated rings. The third-order valence-corrected chi connectivity index (χ3v) is 11.7. The van der Waals surface area contributed by atoms with Gasteiger partial charge in [0.05, 0.1) is 28.1 Å². The minimum absolute atomic E-state index is 0.192. The van der Waals surface area contributed by atoms with Crippen molar-refractivity contribution < 1.29 is 0 Å². The molecule has 0 radical (unpaired) electrons. The monoisotopic (exact) mass is 673 g/mol. The molecule has 1 aliphatic heterocycles. The Kier molecular flexibility index (Phi) is 5.89. The molecule has 246 valence electrons. The third kappa shape index (κ3) is 3.99. The van der Waals surface area contributed by atoms with Crippen molar-refractivity contribution in [1.82, 2.24) is 9.97 Å². The molecule has 3 heteroatoms. The first-order valence-corrected chi connectivity index (χ1v) is 18.4. The minimum atomic E-state index is 0.192. The van der Waals surface area contributed by atoms with Crippen LogP contribution >= 0.6 is 0 Å². The van der Waals surface area contributed by atoms with Gasteiger partial charge in [-0.1, -0.05) is 140 Å². The Balaban J connectivity index is 1.07. The first-order chi connectivity index (χ1) is 26.3. The maximum Gasteiger partial charge on any atom is 0.0973 e. The van der Waals surface area contributed by atoms with Crippen molar-refractivity contribution in [2.75, 3.05) is 4.90 Å². The number of hydrogen-bond donors (Lipinski definition) is 0. The highest BCUT2D eigenvalue weighted by atomic mass is 15.2. The van der Waals surface area contributed by atoms with Gasteiger partial charge in [-0.25, -0.2) is 9.97 Å². The predicted octanol–water partition coefficient (Wildman–Crippen LogP) is 12.1. The second kappa shape index (κ2) is 10.8. The molecular formula is C50H31N3. The number of benzene rings is 6. The van der Waals surface area contributed by atoms with E-state index in [1.54, 1.807) is 0 Å². The van der Waals surface area contributed by atoms with E-state index in [0.29, 0.717) is 0 Å². The van der Waals surface area contributed by atoms with Crippen molar-refractivity contribution in [2.24, 2.45) is 5.92 Å². The van der Waals surface area contributed by atoms with Crippen LogP contribution in [0.25, 0.3) is 55.8 Å². The van der Waals surface area contributed by atoms with Gasteiger partial charge in [0.25, 0.3) is 0 Å². The summed E-state index contributed by atoms with van der Waals surface area (Å²) in [5, 5.41) is 0. The highest BCUT2D eigenvalue weighted by molar-refractivity contribution is 6.17. The lowest BCUT2D eigenvalue weighted by molar-refractivity contribution is 0.634. The third-order valence-electron chi connectivity index (χ3n) is 11.7. The van der Waals surface area contributed by atoms with Crippen LogP contribution in [-0.4, -0.2) is 9.97 Å². The summed E-state index contributed by atoms with van der Waals surface area (Å²) in [5.74, 6) is 0.411. The Labute approximate surface area is 307 Å². The highest BCUT2D eigenvalue weighted by Gasteiger charge is 2.50. The molecule has 0 amide bonds. The fraction of sp³-hybridized carbons (Fsp3) is 0.0400. The van der Waals surface area contributed by atoms with E-state index in [0.717, 1.165) is 39.2 Å². The summed E-state index contributed by atoms with van der Waals surface area (Å²) < 4.78 is 0. The Morgan fingerprint density at radius 1 is 0.472 bits per heavy atom. The Morgan fingerprint density at radius 3 is 1.85 bits per heavy atom. The molecular weight excluding hydrogens is 643 g/mol. The molecule has 0 saturated carbocycles. The van der Waals surface area contributed by atoms with E-state index in [9.17, 15) is 0 Å². The lowest BCUT2D eigenvalue weighted by Crippen LogP contribution is -2.24. The zero-order valence-electron chi connectivity index (χ0n) is 28.7. The summed E-state index contributed by atoms with van der Waals surface area (Å²) in [5.41, 5.74) is 23.1. The molecule has 4 aliphatic carbocycles. The SMILES string of the molecule is C1=CC2=CC=C3C4c5c(ccc6c5C(=C(c5ccccc5)C(=C1)C24)c1ccccc1-6)N3c1ccc(-c2nc3ccccc3nc2-c2ccccc2)cc1. The number of para-hydroxylation sites is 2. The van der Waals surface area contributed by atoms with Crippen LogP contribution in [0, 0.1) is 5.92 Å². The van der Waals surface area contributed by atoms with E-state index in [2.05, 4.69) is 151 Å². The molecule has 0 spiro atoms. The topological polar surface area (TPSA) is 29.0 Å². The largest absolute Gasteiger partial charge is 0.313 e. The van der Waals surface area contributed by atoms with Crippen LogP contribution in [0.2, 0.25) is 0 Å². The van der Waals surface area contributed by atoms with E-state index in [-0.39, 0.29) is 11.8 Å². The summed E-state index contributed by atoms with van der Waals surface area (Å²) in [6.07, 6.45) is 11.7. The number of nitrogens with zero attached hydrogens (tertiary/aromatic N) is 3. The van der Waals surface area contributed by atoms with Gasteiger partial charge >= 0.3 is 0 Å². The van der Waals surface area contributed by atoms with E-state index >= 15 is 0 Å². The van der Waals surface area contributed by atoms with Crippen LogP contribution in [0.15, 0.2) is 193 Å². The van der Waals surface area contributed by atoms with Crippen molar-refractivity contribution in [3.05, 3.63) is 215 Å². The second-order valence-corrected chi connectivity index (χ2v) is 14.4. The lowest BCUT2D eigenvalue weighted by atomic mass is 9.70. The van der Waals surface area contributed by atoms with Crippen molar-refractivity contribution in [3.8, 4) is 33.6 Å². The predicted molar refractivity (Wildman–Crippen MR) is 216 cm³/mol. The van der Waals surface area contributed by atoms with Crippen molar-refractivity contribution >= 4 is 33.6 Å². The smallest absolute Gasteiger partial charge is 0.0973 e. The van der Waals surface area contributed by atoms with Crippen LogP contribution in [0.3, 0.4) is 0 Å². The zero-order chi connectivity index (χ0) is 34.6. The Hall–Kier alpha value is -6.84. The number of hydrogen-bond acceptors (Lipinski definition) is 3. The van der Waals surface area contributed by atoms with Crippen LogP contribution in [0.1, 0.15) is 28.2 Å². The van der Waals surface area contributed by atoms with E-state index in [4.69, 9.17) is 9.97 Å². The van der Waals surface area contributed by atoms with Crippen molar-refractivity contribution in [3.63, 3.8) is 0 Å². The zero-order valence-corrected chi connectivity index (χ0v) is 28.7. The number of allylic oxidation sites excluding steroid dienone is 9. The minimum Gasteiger partial charge on any atom is -0.313 e. The van der Waals surface area contributed by atoms with Crippen LogP contribution in [-0.2, 0) is 0 Å². The fourth-order valence-electron chi connectivity index (χ4n) is 9.60. The molecule has 7 aromatic rings. The quantitative estimate of drug-likeness (QED) is 0.186. The molecule has 12 rings (SSSR count). The van der Waals surface area contributed by atoms with Gasteiger partial charge in [-0.3, -0.25) is 0 Å². The molecule has 6 aromatic carbocycles. The summed E-state index contributed by atoms with van der Waals surface area (Å²) in [4.78, 5) is 12.8. The number of aromatic nitrogens is 2. The van der Waals surface area contributed by atoms with Gasteiger partial charge in [0.1, 0.15) is 0 Å². The summed E-state index contributed by atoms with van der Waals surface area (Å²) in [7, 11) is 0. The molecule has 1 aromatic heterocycles. The van der Waals surface area contributed by atoms with Crippen molar-refractivity contribution in [1.29, 1.82) is 0 Å². The first-order valence-electron chi connectivity index (χ1n) is 18.4. The lowest BCUT2D eigenvalue weighted by Gasteiger charge is -2.35. The Bertz CT molecular complexity index is 2870. The normalized spacial score (nSPS) is 18.3. The highest BCUT2D eigenvalue weighted by Crippen LogP contribution is 2.65. The van der Waals surface area contributed by atoms with Gasteiger partial charge in [0, 0.05) is 34.3 Å². The van der Waals surface area contributed by atoms with E-state index in [1.165, 1.54) is 67.1 Å². The molecule has 2 atom stereocenters. The van der Waals surface area contributed by atoms with Crippen LogP contribution in [0.5, 0.6) is 0 Å². The summed E-state index contributed by atoms with van der Waals surface area (Å²) >= 11 is 0. The molecule has 53 heavy (non-hydrogen) atoms. The molecule has 0 N–H and O–H groups in total. The van der Waals surface area contributed by atoms with Gasteiger partial charge in [0.2, 0.25) is 0 Å². The van der Waals surface area contributed by atoms with Crippen LogP contribution < -0.4 is 4.90 Å². The van der Waals surface area contributed by atoms with Crippen LogP contribution in [0.4, 0.5) is 11.4 Å². The molecule has 0 bridgehead atoms. The summed E-state index contributed by atoms with van der Waals surface area (Å²) in [6, 6.07) is 52.3. The molecule has 3 nitrogen and oxygen atoms in total. The van der Waals surface area contributed by atoms with Crippen molar-refractivity contribution in [2.45, 2.75) is 5.92 Å². The van der Waals surface area contributed by atoms with Gasteiger partial charge in [-0.05, 0) is 92.1 Å². The van der Waals surface area contributed by atoms with Gasteiger partial charge in [-0.15, -0.1) is 0 Å². The maximum atomic E-state index is 5.19. The summed E-state index contributed by atoms with van der Waals surface area (Å²) in [6.45, 7) is 0. The van der Waals surface area contributed by atoms with E-state index < -0.39 is 0 Å². The molecule has 2 unspecified atom stereocenters. The average molecular weight is 674 g/mol. The number of rotatable bonds is 4. The standard InChI is InChI=1S/C50H31N3/c1-3-12-30(13-4-1)43-38-19-11-16-31-24-28-41-47(44(31)38)48-42(29-27-37-35-17-7-8-18-36(35)45(43)46(37)48)53(41)34-25-22-33(23-26-34)50-49(32-14-5-2-6-15-32)51-39-20-9-10-21-40(39)52-50/h1-29,44,47H. The number of fused-ring (bicyclic) bond motifs is 4. The van der Waals surface area contributed by atoms with Gasteiger partial charge in [0.15, 0.2) is 0 Å². The average Bonchev–Trinajstić information content (AvgIpc) is 3.70. The fourth-order valence-corrected chi connectivity index (χ4v) is 9.60. The molecule has 5 aliphatic rings. The molecule has 0 saturated heterocycles. The van der Waals surface area contributed by atoms with E-state index in [1.807, 2.05) is 30.3 Å². The molecule has 2 heterocycles. The van der Waals surface area contributed by atoms with Gasteiger partial charge in [-0.2, -0.15) is 0 Å². The first kappa shape index (κ1) is 28.8. The maximum absolute atomic E-state index is 5.19.